The van der Waals surface area contributed by atoms with Gasteiger partial charge >= 0.3 is 0 Å². The first-order valence-corrected chi connectivity index (χ1v) is 8.44. The Bertz CT molecular complexity index is 366. The van der Waals surface area contributed by atoms with Gasteiger partial charge < -0.3 is 5.73 Å². The van der Waals surface area contributed by atoms with E-state index in [1.54, 1.807) is 8.61 Å². The van der Waals surface area contributed by atoms with Crippen LogP contribution in [0.4, 0.5) is 0 Å². The molecule has 106 valence electrons. The Morgan fingerprint density at radius 1 is 1.11 bits per heavy atom. The van der Waals surface area contributed by atoms with Gasteiger partial charge in [0.1, 0.15) is 0 Å². The molecule has 2 rings (SSSR count). The van der Waals surface area contributed by atoms with Crippen LogP contribution in [0, 0.1) is 5.92 Å². The molecule has 0 aromatic carbocycles. The SMILES string of the molecule is C[C@@H]1CCCN(S(=O)(=O)N2CCCCC2)[C@@H]1CN. The number of piperidine rings is 2. The van der Waals surface area contributed by atoms with Crippen molar-refractivity contribution in [2.45, 2.75) is 45.1 Å². The largest absolute Gasteiger partial charge is 0.329 e. The first kappa shape index (κ1) is 14.2. The lowest BCUT2D eigenvalue weighted by atomic mass is 9.93. The molecule has 0 amide bonds. The van der Waals surface area contributed by atoms with Crippen molar-refractivity contribution < 1.29 is 8.42 Å². The summed E-state index contributed by atoms with van der Waals surface area (Å²) in [6, 6.07) is -0.0225. The van der Waals surface area contributed by atoms with E-state index in [1.165, 1.54) is 0 Å². The molecule has 2 aliphatic heterocycles. The highest BCUT2D eigenvalue weighted by atomic mass is 32.2. The van der Waals surface area contributed by atoms with Crippen molar-refractivity contribution in [3.8, 4) is 0 Å². The molecule has 2 saturated heterocycles. The summed E-state index contributed by atoms with van der Waals surface area (Å²) < 4.78 is 28.6. The Labute approximate surface area is 110 Å². The van der Waals surface area contributed by atoms with Gasteiger partial charge in [0.25, 0.3) is 10.2 Å². The number of hydrogen-bond acceptors (Lipinski definition) is 3. The van der Waals surface area contributed by atoms with Gasteiger partial charge in [0, 0.05) is 32.2 Å². The van der Waals surface area contributed by atoms with Crippen LogP contribution < -0.4 is 5.73 Å². The zero-order chi connectivity index (χ0) is 13.2. The summed E-state index contributed by atoms with van der Waals surface area (Å²) in [6.45, 7) is 4.50. The highest BCUT2D eigenvalue weighted by Crippen LogP contribution is 2.27. The molecular weight excluding hydrogens is 250 g/mol. The zero-order valence-corrected chi connectivity index (χ0v) is 12.0. The van der Waals surface area contributed by atoms with Crippen molar-refractivity contribution in [3.63, 3.8) is 0 Å². The topological polar surface area (TPSA) is 66.6 Å². The van der Waals surface area contributed by atoms with E-state index in [4.69, 9.17) is 5.73 Å². The summed E-state index contributed by atoms with van der Waals surface area (Å²) >= 11 is 0. The van der Waals surface area contributed by atoms with Crippen molar-refractivity contribution >= 4 is 10.2 Å². The molecule has 18 heavy (non-hydrogen) atoms. The molecule has 2 fully saturated rings. The van der Waals surface area contributed by atoms with Gasteiger partial charge in [-0.2, -0.15) is 17.0 Å². The molecule has 2 heterocycles. The monoisotopic (exact) mass is 275 g/mol. The van der Waals surface area contributed by atoms with Gasteiger partial charge in [-0.3, -0.25) is 0 Å². The molecule has 0 bridgehead atoms. The lowest BCUT2D eigenvalue weighted by molar-refractivity contribution is 0.176. The standard InChI is InChI=1S/C12H25N3O2S/c1-11-6-5-9-15(12(11)10-13)18(16,17)14-7-3-2-4-8-14/h11-12H,2-10,13H2,1H3/t11-,12-/m1/s1. The Morgan fingerprint density at radius 3 is 2.39 bits per heavy atom. The second-order valence-electron chi connectivity index (χ2n) is 5.50. The number of hydrogen-bond donors (Lipinski definition) is 1. The van der Waals surface area contributed by atoms with E-state index >= 15 is 0 Å². The molecular formula is C12H25N3O2S. The quantitative estimate of drug-likeness (QED) is 0.827. The minimum Gasteiger partial charge on any atom is -0.329 e. The van der Waals surface area contributed by atoms with Crippen LogP contribution in [0.25, 0.3) is 0 Å². The Balaban J connectivity index is 2.16. The van der Waals surface area contributed by atoms with Crippen LogP contribution in [0.15, 0.2) is 0 Å². The van der Waals surface area contributed by atoms with Gasteiger partial charge in [0.2, 0.25) is 0 Å². The highest BCUT2D eigenvalue weighted by Gasteiger charge is 2.38. The average molecular weight is 275 g/mol. The van der Waals surface area contributed by atoms with Gasteiger partial charge in [-0.25, -0.2) is 0 Å². The molecule has 0 aromatic rings. The van der Waals surface area contributed by atoms with Gasteiger partial charge in [-0.15, -0.1) is 0 Å². The third-order valence-corrected chi connectivity index (χ3v) is 6.31. The lowest BCUT2D eigenvalue weighted by Gasteiger charge is -2.41. The Kier molecular flexibility index (Phi) is 4.64. The van der Waals surface area contributed by atoms with Crippen LogP contribution in [0.3, 0.4) is 0 Å². The molecule has 6 heteroatoms. The molecule has 0 radical (unpaired) electrons. The molecule has 0 unspecified atom stereocenters. The lowest BCUT2D eigenvalue weighted by Crippen LogP contribution is -2.56. The fourth-order valence-corrected chi connectivity index (χ4v) is 5.10. The van der Waals surface area contributed by atoms with Crippen molar-refractivity contribution in [1.82, 2.24) is 8.61 Å². The Morgan fingerprint density at radius 2 is 1.78 bits per heavy atom. The van der Waals surface area contributed by atoms with Gasteiger partial charge in [0.05, 0.1) is 0 Å². The maximum Gasteiger partial charge on any atom is 0.282 e. The van der Waals surface area contributed by atoms with Gasteiger partial charge in [-0.05, 0) is 31.6 Å². The van der Waals surface area contributed by atoms with E-state index in [0.29, 0.717) is 32.1 Å². The van der Waals surface area contributed by atoms with Crippen molar-refractivity contribution in [2.75, 3.05) is 26.2 Å². The molecule has 2 atom stereocenters. The van der Waals surface area contributed by atoms with Crippen LogP contribution in [0.5, 0.6) is 0 Å². The molecule has 2 N–H and O–H groups in total. The van der Waals surface area contributed by atoms with Crippen molar-refractivity contribution in [2.24, 2.45) is 11.7 Å². The van der Waals surface area contributed by atoms with Crippen molar-refractivity contribution in [1.29, 1.82) is 0 Å². The highest BCUT2D eigenvalue weighted by molar-refractivity contribution is 7.86. The first-order chi connectivity index (χ1) is 8.57. The summed E-state index contributed by atoms with van der Waals surface area (Å²) in [5, 5.41) is 0. The van der Waals surface area contributed by atoms with Crippen LogP contribution in [-0.4, -0.2) is 49.2 Å². The van der Waals surface area contributed by atoms with E-state index in [1.807, 2.05) is 0 Å². The number of nitrogens with zero attached hydrogens (tertiary/aromatic N) is 2. The number of nitrogens with two attached hydrogens (primary N) is 1. The van der Waals surface area contributed by atoms with E-state index in [-0.39, 0.29) is 6.04 Å². The maximum atomic E-state index is 12.7. The first-order valence-electron chi connectivity index (χ1n) is 7.04. The summed E-state index contributed by atoms with van der Waals surface area (Å²) in [4.78, 5) is 0. The molecule has 0 aromatic heterocycles. The summed E-state index contributed by atoms with van der Waals surface area (Å²) in [6.07, 6.45) is 5.13. The summed E-state index contributed by atoms with van der Waals surface area (Å²) in [7, 11) is -3.29. The fraction of sp³-hybridized carbons (Fsp3) is 1.00. The van der Waals surface area contributed by atoms with E-state index in [2.05, 4.69) is 6.92 Å². The molecule has 5 nitrogen and oxygen atoms in total. The summed E-state index contributed by atoms with van der Waals surface area (Å²) in [5.41, 5.74) is 5.79. The Hall–Kier alpha value is -0.170. The second-order valence-corrected chi connectivity index (χ2v) is 7.38. The fourth-order valence-electron chi connectivity index (χ4n) is 3.09. The normalized spacial score (nSPS) is 32.6. The third kappa shape index (κ3) is 2.71. The predicted molar refractivity (Wildman–Crippen MR) is 72.3 cm³/mol. The van der Waals surface area contributed by atoms with E-state index in [0.717, 1.165) is 32.1 Å². The molecule has 2 aliphatic rings. The molecule has 0 spiro atoms. The smallest absolute Gasteiger partial charge is 0.282 e. The van der Waals surface area contributed by atoms with Crippen molar-refractivity contribution in [3.05, 3.63) is 0 Å². The van der Waals surface area contributed by atoms with Crippen LogP contribution in [-0.2, 0) is 10.2 Å². The van der Waals surface area contributed by atoms with Crippen LogP contribution in [0.1, 0.15) is 39.0 Å². The van der Waals surface area contributed by atoms with Gasteiger partial charge in [0.15, 0.2) is 0 Å². The second kappa shape index (κ2) is 5.86. The van der Waals surface area contributed by atoms with Gasteiger partial charge in [-0.1, -0.05) is 13.3 Å². The molecule has 0 aliphatic carbocycles. The molecule has 0 saturated carbocycles. The minimum atomic E-state index is -3.29. The predicted octanol–water partition coefficient (Wildman–Crippen LogP) is 0.776. The third-order valence-electron chi connectivity index (χ3n) is 4.24. The maximum absolute atomic E-state index is 12.7. The van der Waals surface area contributed by atoms with E-state index in [9.17, 15) is 8.42 Å². The average Bonchev–Trinajstić information content (AvgIpc) is 2.39. The van der Waals surface area contributed by atoms with E-state index < -0.39 is 10.2 Å². The van der Waals surface area contributed by atoms with Crippen LogP contribution >= 0.6 is 0 Å². The number of rotatable bonds is 3. The minimum absolute atomic E-state index is 0.0225. The van der Waals surface area contributed by atoms with Crippen LogP contribution in [0.2, 0.25) is 0 Å². The zero-order valence-electron chi connectivity index (χ0n) is 11.2. The summed E-state index contributed by atoms with van der Waals surface area (Å²) in [5.74, 6) is 0.364.